The number of aliphatic hydroxyl groups excluding tert-OH is 1. The molecular formula is C31H47F3N2O2. The van der Waals surface area contributed by atoms with Crippen LogP contribution in [0, 0.1) is 11.7 Å². The summed E-state index contributed by atoms with van der Waals surface area (Å²) in [7, 11) is 3.72. The normalized spacial score (nSPS) is 19.0. The number of halogens is 3. The highest BCUT2D eigenvalue weighted by molar-refractivity contribution is 5.99. The molecule has 1 aromatic rings. The van der Waals surface area contributed by atoms with E-state index in [9.17, 15) is 13.2 Å². The van der Waals surface area contributed by atoms with Crippen molar-refractivity contribution >= 4 is 5.71 Å². The second-order valence-corrected chi connectivity index (χ2v) is 10.0. The van der Waals surface area contributed by atoms with Gasteiger partial charge in [0.25, 0.3) is 0 Å². The summed E-state index contributed by atoms with van der Waals surface area (Å²) in [6, 6.07) is 4.87. The lowest BCUT2D eigenvalue weighted by molar-refractivity contribution is 0.221. The lowest BCUT2D eigenvalue weighted by Crippen LogP contribution is -2.30. The Morgan fingerprint density at radius 3 is 2.34 bits per heavy atom. The maximum Gasteiger partial charge on any atom is 0.160 e. The number of ether oxygens (including phenoxy) is 1. The fraction of sp³-hybridized carbons (Fsp3) is 0.581. The molecule has 3 rings (SSSR count). The zero-order chi connectivity index (χ0) is 28.7. The molecule has 1 aromatic carbocycles. The quantitative estimate of drug-likeness (QED) is 0.358. The molecule has 1 aliphatic carbocycles. The number of piperidine rings is 1. The SMILES string of the molecule is CC1CCCN(C)C1.CCC1=CC(F)=C(OC)CC1.CCCc1ccc(C(C)=N/C(CO)=C(\C)F)cc1F. The number of allylic oxidation sites excluding steroid dienone is 5. The van der Waals surface area contributed by atoms with Gasteiger partial charge in [0.2, 0.25) is 0 Å². The number of hydrogen-bond acceptors (Lipinski definition) is 4. The number of hydrogen-bond donors (Lipinski definition) is 1. The third-order valence-corrected chi connectivity index (χ3v) is 6.67. The van der Waals surface area contributed by atoms with Crippen molar-refractivity contribution in [1.82, 2.24) is 4.90 Å². The van der Waals surface area contributed by atoms with Crippen LogP contribution in [0.2, 0.25) is 0 Å². The monoisotopic (exact) mass is 536 g/mol. The maximum absolute atomic E-state index is 13.8. The van der Waals surface area contributed by atoms with Crippen LogP contribution in [0.3, 0.4) is 0 Å². The zero-order valence-electron chi connectivity index (χ0n) is 24.3. The number of methoxy groups -OCH3 is 1. The van der Waals surface area contributed by atoms with Crippen LogP contribution in [0.5, 0.6) is 0 Å². The molecule has 1 N–H and O–H groups in total. The Balaban J connectivity index is 0.000000318. The minimum atomic E-state index is -0.537. The van der Waals surface area contributed by atoms with Gasteiger partial charge in [0.1, 0.15) is 17.4 Å². The fourth-order valence-corrected chi connectivity index (χ4v) is 4.36. The summed E-state index contributed by atoms with van der Waals surface area (Å²) in [4.78, 5) is 6.40. The zero-order valence-corrected chi connectivity index (χ0v) is 24.3. The summed E-state index contributed by atoms with van der Waals surface area (Å²) in [6.07, 6.45) is 8.57. The molecule has 0 aromatic heterocycles. The van der Waals surface area contributed by atoms with Gasteiger partial charge < -0.3 is 14.7 Å². The van der Waals surface area contributed by atoms with E-state index in [1.807, 2.05) is 13.8 Å². The summed E-state index contributed by atoms with van der Waals surface area (Å²) in [5, 5.41) is 8.98. The smallest absolute Gasteiger partial charge is 0.160 e. The summed E-state index contributed by atoms with van der Waals surface area (Å²) in [5.74, 6) is 0.414. The summed E-state index contributed by atoms with van der Waals surface area (Å²) >= 11 is 0. The van der Waals surface area contributed by atoms with E-state index >= 15 is 0 Å². The van der Waals surface area contributed by atoms with Crippen LogP contribution in [-0.4, -0.2) is 49.6 Å². The fourth-order valence-electron chi connectivity index (χ4n) is 4.36. The molecule has 0 radical (unpaired) electrons. The summed E-state index contributed by atoms with van der Waals surface area (Å²) < 4.78 is 44.6. The van der Waals surface area contributed by atoms with Gasteiger partial charge in [0, 0.05) is 18.7 Å². The lowest BCUT2D eigenvalue weighted by atomic mass is 10.0. The summed E-state index contributed by atoms with van der Waals surface area (Å²) in [6.45, 7) is 11.4. The second-order valence-electron chi connectivity index (χ2n) is 10.0. The van der Waals surface area contributed by atoms with Crippen molar-refractivity contribution in [2.24, 2.45) is 10.9 Å². The number of likely N-dealkylation sites (tertiary alicyclic amines) is 1. The maximum atomic E-state index is 13.8. The molecule has 7 heteroatoms. The molecular weight excluding hydrogens is 489 g/mol. The Morgan fingerprint density at radius 1 is 1.18 bits per heavy atom. The Morgan fingerprint density at radius 2 is 1.89 bits per heavy atom. The van der Waals surface area contributed by atoms with Crippen LogP contribution >= 0.6 is 0 Å². The minimum absolute atomic E-state index is 0.0319. The van der Waals surface area contributed by atoms with Gasteiger partial charge >= 0.3 is 0 Å². The first-order chi connectivity index (χ1) is 18.1. The van der Waals surface area contributed by atoms with Gasteiger partial charge in [0.05, 0.1) is 19.4 Å². The molecule has 1 fully saturated rings. The van der Waals surface area contributed by atoms with Crippen LogP contribution < -0.4 is 0 Å². The van der Waals surface area contributed by atoms with E-state index in [1.165, 1.54) is 51.6 Å². The molecule has 0 bridgehead atoms. The number of rotatable bonds is 7. The second kappa shape index (κ2) is 18.0. The molecule has 38 heavy (non-hydrogen) atoms. The largest absolute Gasteiger partial charge is 0.498 e. The predicted octanol–water partition coefficient (Wildman–Crippen LogP) is 8.07. The van der Waals surface area contributed by atoms with E-state index in [-0.39, 0.29) is 17.3 Å². The van der Waals surface area contributed by atoms with Crippen molar-refractivity contribution in [2.45, 2.75) is 79.6 Å². The third-order valence-electron chi connectivity index (χ3n) is 6.67. The van der Waals surface area contributed by atoms with Crippen molar-refractivity contribution in [3.8, 4) is 0 Å². The van der Waals surface area contributed by atoms with E-state index in [2.05, 4.69) is 23.9 Å². The minimum Gasteiger partial charge on any atom is -0.498 e. The molecule has 2 aliphatic rings. The van der Waals surface area contributed by atoms with Crippen LogP contribution in [0.15, 0.2) is 58.0 Å². The molecule has 1 atom stereocenters. The number of aliphatic imine (C=N–C) groups is 1. The van der Waals surface area contributed by atoms with Gasteiger partial charge in [-0.3, -0.25) is 4.99 Å². The Hall–Kier alpha value is -2.38. The number of aryl methyl sites for hydroxylation is 1. The first kappa shape index (κ1) is 33.6. The van der Waals surface area contributed by atoms with Crippen molar-refractivity contribution < 1.29 is 23.0 Å². The topological polar surface area (TPSA) is 45.1 Å². The molecule has 1 aliphatic heterocycles. The molecule has 214 valence electrons. The first-order valence-corrected chi connectivity index (χ1v) is 13.7. The predicted molar refractivity (Wildman–Crippen MR) is 152 cm³/mol. The Kier molecular flexibility index (Phi) is 15.9. The average Bonchev–Trinajstić information content (AvgIpc) is 2.88. The molecule has 0 amide bonds. The van der Waals surface area contributed by atoms with E-state index in [0.29, 0.717) is 35.4 Å². The first-order valence-electron chi connectivity index (χ1n) is 13.7. The van der Waals surface area contributed by atoms with Gasteiger partial charge in [-0.05, 0) is 88.7 Å². The van der Waals surface area contributed by atoms with E-state index in [0.717, 1.165) is 25.2 Å². The van der Waals surface area contributed by atoms with Gasteiger partial charge in [-0.1, -0.05) is 44.9 Å². The van der Waals surface area contributed by atoms with Gasteiger partial charge in [0.15, 0.2) is 5.83 Å². The van der Waals surface area contributed by atoms with E-state index < -0.39 is 12.4 Å². The number of nitrogens with zero attached hydrogens (tertiary/aromatic N) is 2. The van der Waals surface area contributed by atoms with Gasteiger partial charge in [-0.2, -0.15) is 0 Å². The molecule has 0 spiro atoms. The molecule has 1 saturated heterocycles. The summed E-state index contributed by atoms with van der Waals surface area (Å²) in [5.41, 5.74) is 2.87. The average molecular weight is 537 g/mol. The van der Waals surface area contributed by atoms with Crippen LogP contribution in [0.1, 0.15) is 84.3 Å². The van der Waals surface area contributed by atoms with Crippen molar-refractivity contribution in [1.29, 1.82) is 0 Å². The third kappa shape index (κ3) is 12.0. The van der Waals surface area contributed by atoms with E-state index in [4.69, 9.17) is 9.84 Å². The van der Waals surface area contributed by atoms with Crippen molar-refractivity contribution in [3.63, 3.8) is 0 Å². The van der Waals surface area contributed by atoms with E-state index in [1.54, 1.807) is 25.1 Å². The van der Waals surface area contributed by atoms with Crippen LogP contribution in [0.4, 0.5) is 13.2 Å². The van der Waals surface area contributed by atoms with Gasteiger partial charge in [-0.15, -0.1) is 0 Å². The van der Waals surface area contributed by atoms with Crippen molar-refractivity contribution in [3.05, 3.63) is 69.9 Å². The van der Waals surface area contributed by atoms with Crippen LogP contribution in [0.25, 0.3) is 0 Å². The van der Waals surface area contributed by atoms with Crippen molar-refractivity contribution in [2.75, 3.05) is 33.9 Å². The highest BCUT2D eigenvalue weighted by Gasteiger charge is 2.12. The Labute approximate surface area is 228 Å². The lowest BCUT2D eigenvalue weighted by Gasteiger charge is -2.26. The number of benzene rings is 1. The Bertz CT molecular complexity index is 987. The molecule has 0 saturated carbocycles. The highest BCUT2D eigenvalue weighted by Crippen LogP contribution is 2.26. The standard InChI is InChI=1S/C15H19F2NO.C9H13FO.C7H15N/c1-4-5-12-6-7-13(8-14(12)17)11(3)18-15(9-19)10(2)16;1-3-7-4-5-9(11-2)8(10)6-7;1-7-4-3-5-8(2)6-7/h6-8,19H,4-5,9H2,1-3H3;6H,3-5H2,1-2H3;7H,3-6H2,1-2H3/b15-10+,18-11?;;. The molecule has 1 heterocycles. The molecule has 1 unspecified atom stereocenters. The van der Waals surface area contributed by atoms with Crippen LogP contribution in [-0.2, 0) is 11.2 Å². The van der Waals surface area contributed by atoms with Gasteiger partial charge in [-0.25, -0.2) is 13.2 Å². The number of aliphatic hydroxyl groups is 1. The highest BCUT2D eigenvalue weighted by atomic mass is 19.1. The molecule has 4 nitrogen and oxygen atoms in total.